The van der Waals surface area contributed by atoms with E-state index in [0.29, 0.717) is 49.2 Å². The average Bonchev–Trinajstić information content (AvgIpc) is 3.68. The van der Waals surface area contributed by atoms with E-state index in [9.17, 15) is 13.6 Å². The van der Waals surface area contributed by atoms with E-state index < -0.39 is 24.6 Å². The van der Waals surface area contributed by atoms with Crippen LogP contribution in [0, 0.1) is 0 Å². The summed E-state index contributed by atoms with van der Waals surface area (Å²) >= 11 is 0. The van der Waals surface area contributed by atoms with Crippen molar-refractivity contribution in [2.45, 2.75) is 44.4 Å². The highest BCUT2D eigenvalue weighted by molar-refractivity contribution is 5.95. The molecule has 2 N–H and O–H groups in total. The summed E-state index contributed by atoms with van der Waals surface area (Å²) in [6, 6.07) is 17.9. The second-order valence-corrected chi connectivity index (χ2v) is 11.0. The molecule has 3 aromatic carbocycles. The quantitative estimate of drug-likeness (QED) is 0.266. The van der Waals surface area contributed by atoms with Crippen molar-refractivity contribution in [3.8, 4) is 22.9 Å². The van der Waals surface area contributed by atoms with Crippen LogP contribution in [0.1, 0.15) is 42.3 Å². The SMILES string of the molecule is C[C@H](NCC(C)(F)F)[C@H](Oc1ccc2c(cnn2-c2cccc(C(=O)N[C@@H]3CCOC3)c2)c1)c1ccc2c(c1)OCCO2. The van der Waals surface area contributed by atoms with Crippen LogP contribution in [0.4, 0.5) is 8.78 Å². The van der Waals surface area contributed by atoms with Gasteiger partial charge in [0, 0.05) is 30.5 Å². The summed E-state index contributed by atoms with van der Waals surface area (Å²) in [6.07, 6.45) is 1.92. The molecule has 1 aromatic heterocycles. The number of benzene rings is 3. The van der Waals surface area contributed by atoms with Gasteiger partial charge >= 0.3 is 0 Å². The molecule has 0 unspecified atom stereocenters. The number of carbonyl (C=O) groups excluding carboxylic acids is 1. The van der Waals surface area contributed by atoms with Crippen molar-refractivity contribution in [1.29, 1.82) is 0 Å². The highest BCUT2D eigenvalue weighted by atomic mass is 19.3. The lowest BCUT2D eigenvalue weighted by Crippen LogP contribution is -2.41. The Kier molecular flexibility index (Phi) is 8.18. The Morgan fingerprint density at radius 2 is 1.93 bits per heavy atom. The van der Waals surface area contributed by atoms with Crippen molar-refractivity contribution in [3.63, 3.8) is 0 Å². The summed E-state index contributed by atoms with van der Waals surface area (Å²) in [4.78, 5) is 12.8. The van der Waals surface area contributed by atoms with Crippen molar-refractivity contribution >= 4 is 16.8 Å². The molecule has 4 aromatic rings. The predicted octanol–water partition coefficient (Wildman–Crippen LogP) is 5.07. The number of nitrogens with one attached hydrogen (secondary N) is 2. The molecule has 11 heteroatoms. The van der Waals surface area contributed by atoms with Crippen LogP contribution in [-0.2, 0) is 4.74 Å². The number of rotatable bonds is 10. The Balaban J connectivity index is 1.25. The minimum Gasteiger partial charge on any atom is -0.486 e. The molecule has 1 saturated heterocycles. The fraction of sp³-hybridized carbons (Fsp3) is 0.375. The molecule has 0 aliphatic carbocycles. The molecule has 3 atom stereocenters. The minimum atomic E-state index is -2.87. The molecule has 9 nitrogen and oxygen atoms in total. The molecule has 0 saturated carbocycles. The van der Waals surface area contributed by atoms with Gasteiger partial charge in [-0.2, -0.15) is 5.10 Å². The largest absolute Gasteiger partial charge is 0.486 e. The van der Waals surface area contributed by atoms with Crippen molar-refractivity contribution in [2.24, 2.45) is 0 Å². The summed E-state index contributed by atoms with van der Waals surface area (Å²) in [5, 5.41) is 11.3. The molecule has 2 aliphatic heterocycles. The number of ether oxygens (including phenoxy) is 4. The number of hydrogen-bond donors (Lipinski definition) is 2. The van der Waals surface area contributed by atoms with Gasteiger partial charge in [0.05, 0.1) is 36.6 Å². The lowest BCUT2D eigenvalue weighted by atomic mass is 10.0. The molecule has 43 heavy (non-hydrogen) atoms. The number of amides is 1. The average molecular weight is 593 g/mol. The third-order valence-corrected chi connectivity index (χ3v) is 7.50. The van der Waals surface area contributed by atoms with E-state index in [1.54, 1.807) is 23.0 Å². The van der Waals surface area contributed by atoms with E-state index in [1.807, 2.05) is 55.5 Å². The van der Waals surface area contributed by atoms with E-state index in [0.717, 1.165) is 35.5 Å². The second-order valence-electron chi connectivity index (χ2n) is 11.0. The van der Waals surface area contributed by atoms with Gasteiger partial charge in [-0.3, -0.25) is 4.79 Å². The fourth-order valence-corrected chi connectivity index (χ4v) is 5.28. The normalized spacial score (nSPS) is 17.9. The van der Waals surface area contributed by atoms with Gasteiger partial charge in [-0.1, -0.05) is 12.1 Å². The Morgan fingerprint density at radius 3 is 2.72 bits per heavy atom. The zero-order valence-corrected chi connectivity index (χ0v) is 24.0. The van der Waals surface area contributed by atoms with Crippen molar-refractivity contribution < 1.29 is 32.5 Å². The Hall–Kier alpha value is -4.22. The first-order valence-electron chi connectivity index (χ1n) is 14.4. The van der Waals surface area contributed by atoms with Crippen LogP contribution in [0.2, 0.25) is 0 Å². The van der Waals surface area contributed by atoms with E-state index in [4.69, 9.17) is 18.9 Å². The van der Waals surface area contributed by atoms with Gasteiger partial charge in [-0.05, 0) is 67.4 Å². The molecule has 226 valence electrons. The lowest BCUT2D eigenvalue weighted by Gasteiger charge is -2.29. The minimum absolute atomic E-state index is 0.0162. The summed E-state index contributed by atoms with van der Waals surface area (Å²) in [6.45, 7) is 4.28. The van der Waals surface area contributed by atoms with Crippen LogP contribution in [0.25, 0.3) is 16.6 Å². The number of fused-ring (bicyclic) bond motifs is 2. The molecular weight excluding hydrogens is 558 g/mol. The van der Waals surface area contributed by atoms with E-state index >= 15 is 0 Å². The van der Waals surface area contributed by atoms with Crippen LogP contribution in [0.3, 0.4) is 0 Å². The van der Waals surface area contributed by atoms with E-state index in [1.165, 1.54) is 0 Å². The van der Waals surface area contributed by atoms with Gasteiger partial charge in [0.2, 0.25) is 0 Å². The Bertz CT molecular complexity index is 1600. The maximum absolute atomic E-state index is 13.7. The van der Waals surface area contributed by atoms with Gasteiger partial charge in [0.25, 0.3) is 11.8 Å². The maximum Gasteiger partial charge on any atom is 0.257 e. The Morgan fingerprint density at radius 1 is 1.09 bits per heavy atom. The van der Waals surface area contributed by atoms with Gasteiger partial charge in [-0.15, -0.1) is 0 Å². The van der Waals surface area contributed by atoms with Crippen molar-refractivity contribution in [1.82, 2.24) is 20.4 Å². The summed E-state index contributed by atoms with van der Waals surface area (Å²) < 4.78 is 52.4. The predicted molar refractivity (Wildman–Crippen MR) is 157 cm³/mol. The monoisotopic (exact) mass is 592 g/mol. The fourth-order valence-electron chi connectivity index (χ4n) is 5.28. The number of hydrogen-bond acceptors (Lipinski definition) is 7. The van der Waals surface area contributed by atoms with Gasteiger partial charge < -0.3 is 29.6 Å². The molecule has 0 spiro atoms. The number of carbonyl (C=O) groups is 1. The lowest BCUT2D eigenvalue weighted by molar-refractivity contribution is 0.0152. The van der Waals surface area contributed by atoms with Gasteiger partial charge in [-0.25, -0.2) is 13.5 Å². The van der Waals surface area contributed by atoms with E-state index in [2.05, 4.69) is 15.7 Å². The highest BCUT2D eigenvalue weighted by Gasteiger charge is 2.28. The molecule has 0 bridgehead atoms. The zero-order valence-electron chi connectivity index (χ0n) is 24.0. The third-order valence-electron chi connectivity index (χ3n) is 7.50. The van der Waals surface area contributed by atoms with Gasteiger partial charge in [0.15, 0.2) is 11.5 Å². The van der Waals surface area contributed by atoms with Crippen molar-refractivity contribution in [2.75, 3.05) is 33.0 Å². The first kappa shape index (κ1) is 28.9. The first-order chi connectivity index (χ1) is 20.7. The first-order valence-corrected chi connectivity index (χ1v) is 14.4. The molecule has 1 fully saturated rings. The molecule has 6 rings (SSSR count). The van der Waals surface area contributed by atoms with Crippen LogP contribution < -0.4 is 24.8 Å². The maximum atomic E-state index is 13.7. The van der Waals surface area contributed by atoms with Crippen LogP contribution >= 0.6 is 0 Å². The molecule has 1 amide bonds. The van der Waals surface area contributed by atoms with E-state index in [-0.39, 0.29) is 11.9 Å². The number of halogens is 2. The van der Waals surface area contributed by atoms with Crippen LogP contribution in [-0.4, -0.2) is 66.7 Å². The number of nitrogens with zero attached hydrogens (tertiary/aromatic N) is 2. The summed E-state index contributed by atoms with van der Waals surface area (Å²) in [7, 11) is 0. The smallest absolute Gasteiger partial charge is 0.257 e. The molecule has 2 aliphatic rings. The zero-order chi connectivity index (χ0) is 30.0. The summed E-state index contributed by atoms with van der Waals surface area (Å²) in [5.74, 6) is -1.25. The molecule has 0 radical (unpaired) electrons. The number of aromatic nitrogens is 2. The topological polar surface area (TPSA) is 95.9 Å². The Labute approximate surface area is 248 Å². The van der Waals surface area contributed by atoms with Crippen LogP contribution in [0.15, 0.2) is 66.9 Å². The third kappa shape index (κ3) is 6.73. The second kappa shape index (κ2) is 12.2. The highest BCUT2D eigenvalue weighted by Crippen LogP contribution is 2.36. The molecular formula is C32H34F2N4O5. The van der Waals surface area contributed by atoms with Crippen molar-refractivity contribution in [3.05, 3.63) is 78.0 Å². The van der Waals surface area contributed by atoms with Gasteiger partial charge in [0.1, 0.15) is 25.1 Å². The standard InChI is InChI=1S/C32H34F2N4O5/c1-20(35-19-32(2,33)34)30(21-6-9-28-29(16-21)42-13-12-41-28)43-26-7-8-27-23(15-26)17-36-38(27)25-5-3-4-22(14-25)31(39)37-24-10-11-40-18-24/h3-9,14-17,20,24,30,35H,10-13,18-19H2,1-2H3,(H,37,39)/t20-,24+,30-/m0/s1. The van der Waals surface area contributed by atoms with Crippen LogP contribution in [0.5, 0.6) is 17.2 Å². The number of alkyl halides is 2. The summed E-state index contributed by atoms with van der Waals surface area (Å²) in [5.41, 5.74) is 2.86. The molecule has 3 heterocycles.